The van der Waals surface area contributed by atoms with Gasteiger partial charge in [-0.3, -0.25) is 14.8 Å². The van der Waals surface area contributed by atoms with Gasteiger partial charge < -0.3 is 4.74 Å². The molecule has 1 aliphatic heterocycles. The monoisotopic (exact) mass is 312 g/mol. The topological polar surface area (TPSA) is 70.1 Å². The molecule has 0 bridgehead atoms. The second kappa shape index (κ2) is 6.10. The summed E-state index contributed by atoms with van der Waals surface area (Å²) in [6.45, 7) is 0. The maximum atomic E-state index is 12.6. The van der Waals surface area contributed by atoms with Crippen molar-refractivity contribution >= 4 is 23.2 Å². The van der Waals surface area contributed by atoms with E-state index in [2.05, 4.69) is 0 Å². The molecular formula is C17H16N2O4. The maximum absolute atomic E-state index is 12.6. The molecule has 3 rings (SSSR count). The number of imide groups is 1. The summed E-state index contributed by atoms with van der Waals surface area (Å²) < 4.78 is 5.07. The van der Waals surface area contributed by atoms with Crippen LogP contribution in [0.15, 0.2) is 54.6 Å². The standard InChI is InChI=1S/C17H16N2O4/c1-23-14-9-7-12(8-10-14)18-16(20)11-15(17(18)21)19(22)13-5-3-2-4-6-13/h2-10,15,22H,11H2,1H3/t15-/m1/s1. The molecule has 2 amide bonds. The number of anilines is 2. The van der Waals surface area contributed by atoms with E-state index >= 15 is 0 Å². The smallest absolute Gasteiger partial charge is 0.259 e. The van der Waals surface area contributed by atoms with Crippen molar-refractivity contribution in [3.8, 4) is 5.75 Å². The first-order chi connectivity index (χ1) is 11.1. The summed E-state index contributed by atoms with van der Waals surface area (Å²) in [6.07, 6.45) is -0.0732. The third kappa shape index (κ3) is 2.76. The molecule has 2 aromatic rings. The molecule has 0 aromatic heterocycles. The molecule has 6 nitrogen and oxygen atoms in total. The highest BCUT2D eigenvalue weighted by Gasteiger charge is 2.43. The van der Waals surface area contributed by atoms with E-state index in [0.29, 0.717) is 17.1 Å². The van der Waals surface area contributed by atoms with Gasteiger partial charge in [-0.1, -0.05) is 18.2 Å². The van der Waals surface area contributed by atoms with Crippen molar-refractivity contribution in [1.82, 2.24) is 0 Å². The number of hydrogen-bond acceptors (Lipinski definition) is 5. The number of carbonyl (C=O) groups excluding carboxylic acids is 2. The minimum absolute atomic E-state index is 0.0732. The summed E-state index contributed by atoms with van der Waals surface area (Å²) in [5, 5.41) is 11.1. The lowest BCUT2D eigenvalue weighted by atomic mass is 10.2. The average molecular weight is 312 g/mol. The average Bonchev–Trinajstić information content (AvgIpc) is 2.89. The Morgan fingerprint density at radius 1 is 1.09 bits per heavy atom. The first kappa shape index (κ1) is 15.1. The van der Waals surface area contributed by atoms with E-state index < -0.39 is 11.9 Å². The number of hydroxylamine groups is 1. The van der Waals surface area contributed by atoms with Gasteiger partial charge in [0.1, 0.15) is 11.8 Å². The first-order valence-electron chi connectivity index (χ1n) is 7.16. The van der Waals surface area contributed by atoms with Gasteiger partial charge in [-0.25, -0.2) is 9.96 Å². The van der Waals surface area contributed by atoms with Gasteiger partial charge in [-0.05, 0) is 36.4 Å². The molecular weight excluding hydrogens is 296 g/mol. The van der Waals surface area contributed by atoms with Gasteiger partial charge in [-0.15, -0.1) is 0 Å². The maximum Gasteiger partial charge on any atom is 0.259 e. The second-order valence-corrected chi connectivity index (χ2v) is 5.17. The first-order valence-corrected chi connectivity index (χ1v) is 7.16. The lowest BCUT2D eigenvalue weighted by Gasteiger charge is -2.22. The van der Waals surface area contributed by atoms with Gasteiger partial charge in [0.25, 0.3) is 5.91 Å². The highest BCUT2D eigenvalue weighted by Crippen LogP contribution is 2.28. The molecule has 118 valence electrons. The summed E-state index contributed by atoms with van der Waals surface area (Å²) in [5.74, 6) is -0.163. The molecule has 1 fully saturated rings. The van der Waals surface area contributed by atoms with E-state index in [-0.39, 0.29) is 12.3 Å². The largest absolute Gasteiger partial charge is 0.497 e. The Labute approximate surface area is 133 Å². The Morgan fingerprint density at radius 3 is 2.35 bits per heavy atom. The van der Waals surface area contributed by atoms with Gasteiger partial charge in [0, 0.05) is 0 Å². The number of benzene rings is 2. The zero-order chi connectivity index (χ0) is 16.4. The van der Waals surface area contributed by atoms with E-state index in [0.717, 1.165) is 9.96 Å². The van der Waals surface area contributed by atoms with Crippen LogP contribution < -0.4 is 14.7 Å². The van der Waals surface area contributed by atoms with Gasteiger partial charge in [0.2, 0.25) is 5.91 Å². The molecule has 1 saturated heterocycles. The molecule has 1 aliphatic rings. The number of methoxy groups -OCH3 is 1. The predicted molar refractivity (Wildman–Crippen MR) is 84.6 cm³/mol. The molecule has 0 unspecified atom stereocenters. The van der Waals surface area contributed by atoms with Crippen LogP contribution in [0.4, 0.5) is 11.4 Å². The van der Waals surface area contributed by atoms with Gasteiger partial charge >= 0.3 is 0 Å². The summed E-state index contributed by atoms with van der Waals surface area (Å²) >= 11 is 0. The fraction of sp³-hybridized carbons (Fsp3) is 0.176. The predicted octanol–water partition coefficient (Wildman–Crippen LogP) is 2.22. The normalized spacial score (nSPS) is 17.5. The van der Waals surface area contributed by atoms with Crippen molar-refractivity contribution in [2.24, 2.45) is 0 Å². The van der Waals surface area contributed by atoms with Crippen LogP contribution in [0.1, 0.15) is 6.42 Å². The molecule has 6 heteroatoms. The van der Waals surface area contributed by atoms with E-state index in [4.69, 9.17) is 4.74 Å². The van der Waals surface area contributed by atoms with E-state index in [9.17, 15) is 14.8 Å². The van der Waals surface area contributed by atoms with Crippen LogP contribution in [-0.4, -0.2) is 30.2 Å². The van der Waals surface area contributed by atoms with E-state index in [1.165, 1.54) is 0 Å². The van der Waals surface area contributed by atoms with E-state index in [1.54, 1.807) is 55.6 Å². The number of hydrogen-bond donors (Lipinski definition) is 1. The van der Waals surface area contributed by atoms with Gasteiger partial charge in [0.15, 0.2) is 0 Å². The van der Waals surface area contributed by atoms with Crippen LogP contribution >= 0.6 is 0 Å². The lowest BCUT2D eigenvalue weighted by molar-refractivity contribution is -0.121. The van der Waals surface area contributed by atoms with Crippen LogP contribution in [0.3, 0.4) is 0 Å². The number of ether oxygens (including phenoxy) is 1. The van der Waals surface area contributed by atoms with E-state index in [1.807, 2.05) is 6.07 Å². The van der Waals surface area contributed by atoms with Crippen molar-refractivity contribution < 1.29 is 19.5 Å². The van der Waals surface area contributed by atoms with Gasteiger partial charge in [-0.2, -0.15) is 0 Å². The summed E-state index contributed by atoms with van der Waals surface area (Å²) in [5.41, 5.74) is 0.931. The second-order valence-electron chi connectivity index (χ2n) is 5.17. The molecule has 23 heavy (non-hydrogen) atoms. The number of carbonyl (C=O) groups is 2. The Kier molecular flexibility index (Phi) is 3.99. The summed E-state index contributed by atoms with van der Waals surface area (Å²) in [4.78, 5) is 25.9. The molecule has 1 heterocycles. The minimum Gasteiger partial charge on any atom is -0.497 e. The molecule has 0 radical (unpaired) electrons. The van der Waals surface area contributed by atoms with Crippen LogP contribution in [0, 0.1) is 0 Å². The number of nitrogens with zero attached hydrogens (tertiary/aromatic N) is 2. The quantitative estimate of drug-likeness (QED) is 0.692. The highest BCUT2D eigenvalue weighted by molar-refractivity contribution is 6.23. The van der Waals surface area contributed by atoms with Crippen molar-refractivity contribution in [3.05, 3.63) is 54.6 Å². The fourth-order valence-corrected chi connectivity index (χ4v) is 2.57. The summed E-state index contributed by atoms with van der Waals surface area (Å²) in [6, 6.07) is 14.4. The third-order valence-corrected chi connectivity index (χ3v) is 3.77. The number of amides is 2. The molecule has 0 aliphatic carbocycles. The van der Waals surface area contributed by atoms with Gasteiger partial charge in [0.05, 0.1) is 24.9 Å². The highest BCUT2D eigenvalue weighted by atomic mass is 16.5. The van der Waals surface area contributed by atoms with Crippen LogP contribution in [0.25, 0.3) is 0 Å². The van der Waals surface area contributed by atoms with Crippen molar-refractivity contribution in [2.75, 3.05) is 17.1 Å². The molecule has 2 aromatic carbocycles. The zero-order valence-corrected chi connectivity index (χ0v) is 12.5. The molecule has 0 saturated carbocycles. The molecule has 0 spiro atoms. The van der Waals surface area contributed by atoms with Crippen LogP contribution in [0.5, 0.6) is 5.75 Å². The van der Waals surface area contributed by atoms with Crippen molar-refractivity contribution in [3.63, 3.8) is 0 Å². The molecule has 1 N–H and O–H groups in total. The summed E-state index contributed by atoms with van der Waals surface area (Å²) in [7, 11) is 1.54. The lowest BCUT2D eigenvalue weighted by Crippen LogP contribution is -2.40. The number of rotatable bonds is 4. The Morgan fingerprint density at radius 2 is 1.74 bits per heavy atom. The fourth-order valence-electron chi connectivity index (χ4n) is 2.57. The third-order valence-electron chi connectivity index (χ3n) is 3.77. The Hall–Kier alpha value is -2.86. The zero-order valence-electron chi connectivity index (χ0n) is 12.5. The Bertz CT molecular complexity index is 715. The van der Waals surface area contributed by atoms with Crippen LogP contribution in [0.2, 0.25) is 0 Å². The minimum atomic E-state index is -0.924. The number of para-hydroxylation sites is 1. The Balaban J connectivity index is 1.84. The van der Waals surface area contributed by atoms with Crippen molar-refractivity contribution in [1.29, 1.82) is 0 Å². The SMILES string of the molecule is COc1ccc(N2C(=O)C[C@@H](N(O)c3ccccc3)C2=O)cc1. The molecule has 1 atom stereocenters. The van der Waals surface area contributed by atoms with Crippen molar-refractivity contribution in [2.45, 2.75) is 12.5 Å². The van der Waals surface area contributed by atoms with Crippen LogP contribution in [-0.2, 0) is 9.59 Å².